The largest absolute Gasteiger partial charge is 0.299 e. The van der Waals surface area contributed by atoms with Gasteiger partial charge in [0.05, 0.1) is 11.4 Å². The number of amides is 1. The number of carbonyl (C=O) groups excluding carboxylic acids is 1. The topological polar surface area (TPSA) is 57.4 Å². The average molecular weight is 326 g/mol. The van der Waals surface area contributed by atoms with Crippen LogP contribution in [0, 0.1) is 0 Å². The molecule has 0 bridgehead atoms. The lowest BCUT2D eigenvalue weighted by molar-refractivity contribution is -0.114. The number of hydrazone groups is 1. The maximum Gasteiger partial charge on any atom is 0.299 e. The van der Waals surface area contributed by atoms with Gasteiger partial charge in [-0.3, -0.25) is 4.79 Å². The zero-order valence-electron chi connectivity index (χ0n) is 13.4. The van der Waals surface area contributed by atoms with Crippen molar-refractivity contribution in [3.63, 3.8) is 0 Å². The SMILES string of the molecule is CCC1=NC2=NC(=O)C(=Cc3ccc(SC)cc3)N2N=C1CC. The van der Waals surface area contributed by atoms with Crippen molar-refractivity contribution in [1.82, 2.24) is 5.01 Å². The molecular weight excluding hydrogens is 308 g/mol. The van der Waals surface area contributed by atoms with Crippen LogP contribution in [-0.4, -0.2) is 34.6 Å². The van der Waals surface area contributed by atoms with Crippen molar-refractivity contribution < 1.29 is 4.79 Å². The molecule has 2 heterocycles. The fourth-order valence-electron chi connectivity index (χ4n) is 2.47. The Labute approximate surface area is 139 Å². The van der Waals surface area contributed by atoms with E-state index in [2.05, 4.69) is 15.1 Å². The number of guanidine groups is 1. The van der Waals surface area contributed by atoms with E-state index in [1.54, 1.807) is 16.8 Å². The number of nitrogens with zero attached hydrogens (tertiary/aromatic N) is 4. The Bertz CT molecular complexity index is 759. The number of aliphatic imine (C=N–C) groups is 2. The minimum atomic E-state index is -0.297. The van der Waals surface area contributed by atoms with Crippen LogP contribution in [0.3, 0.4) is 0 Å². The molecule has 0 saturated carbocycles. The molecule has 0 N–H and O–H groups in total. The molecule has 0 aromatic heterocycles. The summed E-state index contributed by atoms with van der Waals surface area (Å²) in [5, 5.41) is 6.13. The van der Waals surface area contributed by atoms with Crippen molar-refractivity contribution in [3.8, 4) is 0 Å². The molecule has 2 aliphatic rings. The summed E-state index contributed by atoms with van der Waals surface area (Å²) < 4.78 is 0. The Kier molecular flexibility index (Phi) is 4.43. The van der Waals surface area contributed by atoms with Crippen molar-refractivity contribution in [1.29, 1.82) is 0 Å². The van der Waals surface area contributed by atoms with Crippen LogP contribution >= 0.6 is 11.8 Å². The number of rotatable bonds is 4. The average Bonchev–Trinajstić information content (AvgIpc) is 2.89. The second kappa shape index (κ2) is 6.50. The summed E-state index contributed by atoms with van der Waals surface area (Å²) in [5.74, 6) is 0.0743. The van der Waals surface area contributed by atoms with Crippen LogP contribution in [0.5, 0.6) is 0 Å². The standard InChI is InChI=1S/C17H18N4OS/c1-4-13-14(5-2)20-21-15(16(22)19-17(21)18-13)10-11-6-8-12(23-3)9-7-11/h6-10H,4-5H2,1-3H3. The summed E-state index contributed by atoms with van der Waals surface area (Å²) in [5.41, 5.74) is 3.20. The van der Waals surface area contributed by atoms with Crippen molar-refractivity contribution in [2.45, 2.75) is 31.6 Å². The van der Waals surface area contributed by atoms with Gasteiger partial charge in [-0.25, -0.2) is 4.99 Å². The number of hydrogen-bond donors (Lipinski definition) is 0. The Morgan fingerprint density at radius 2 is 1.78 bits per heavy atom. The monoisotopic (exact) mass is 326 g/mol. The second-order valence-corrected chi connectivity index (χ2v) is 6.02. The number of carbonyl (C=O) groups is 1. The summed E-state index contributed by atoms with van der Waals surface area (Å²) in [7, 11) is 0. The molecule has 23 heavy (non-hydrogen) atoms. The van der Waals surface area contributed by atoms with E-state index in [1.807, 2.05) is 50.4 Å². The highest BCUT2D eigenvalue weighted by Crippen LogP contribution is 2.25. The highest BCUT2D eigenvalue weighted by atomic mass is 32.2. The van der Waals surface area contributed by atoms with Gasteiger partial charge < -0.3 is 0 Å². The van der Waals surface area contributed by atoms with Crippen LogP contribution in [0.25, 0.3) is 6.08 Å². The summed E-state index contributed by atoms with van der Waals surface area (Å²) >= 11 is 1.68. The molecule has 1 amide bonds. The number of thioether (sulfide) groups is 1. The Hall–Kier alpha value is -2.21. The third-order valence-electron chi connectivity index (χ3n) is 3.72. The Balaban J connectivity index is 1.96. The molecule has 0 radical (unpaired) electrons. The first-order chi connectivity index (χ1) is 11.2. The summed E-state index contributed by atoms with van der Waals surface area (Å²) in [6, 6.07) is 8.03. The van der Waals surface area contributed by atoms with Gasteiger partial charge in [0.15, 0.2) is 0 Å². The maximum absolute atomic E-state index is 12.2. The molecule has 6 heteroatoms. The molecule has 0 saturated heterocycles. The zero-order chi connectivity index (χ0) is 16.4. The third kappa shape index (κ3) is 2.99. The molecule has 1 aromatic carbocycles. The van der Waals surface area contributed by atoms with Gasteiger partial charge in [0.2, 0.25) is 0 Å². The van der Waals surface area contributed by atoms with Crippen LogP contribution in [-0.2, 0) is 4.79 Å². The molecule has 1 aromatic rings. The van der Waals surface area contributed by atoms with Gasteiger partial charge >= 0.3 is 0 Å². The van der Waals surface area contributed by atoms with Gasteiger partial charge in [-0.2, -0.15) is 15.1 Å². The molecule has 0 aliphatic carbocycles. The summed E-state index contributed by atoms with van der Waals surface area (Å²) in [6.45, 7) is 4.07. The number of fused-ring (bicyclic) bond motifs is 1. The van der Waals surface area contributed by atoms with E-state index in [4.69, 9.17) is 0 Å². The lowest BCUT2D eigenvalue weighted by Gasteiger charge is -2.20. The van der Waals surface area contributed by atoms with Crippen molar-refractivity contribution in [2.24, 2.45) is 15.1 Å². The van der Waals surface area contributed by atoms with E-state index < -0.39 is 0 Å². The first kappa shape index (κ1) is 15.7. The number of hydrogen-bond acceptors (Lipinski definition) is 5. The van der Waals surface area contributed by atoms with Crippen LogP contribution < -0.4 is 0 Å². The molecule has 5 nitrogen and oxygen atoms in total. The van der Waals surface area contributed by atoms with Crippen LogP contribution in [0.4, 0.5) is 0 Å². The van der Waals surface area contributed by atoms with Gasteiger partial charge in [-0.05, 0) is 42.9 Å². The first-order valence-corrected chi connectivity index (χ1v) is 8.83. The number of benzene rings is 1. The lowest BCUT2D eigenvalue weighted by Crippen LogP contribution is -2.30. The maximum atomic E-state index is 12.2. The van der Waals surface area contributed by atoms with Crippen LogP contribution in [0.15, 0.2) is 49.9 Å². The third-order valence-corrected chi connectivity index (χ3v) is 4.46. The lowest BCUT2D eigenvalue weighted by atomic mass is 10.1. The Morgan fingerprint density at radius 1 is 1.09 bits per heavy atom. The fourth-order valence-corrected chi connectivity index (χ4v) is 2.88. The van der Waals surface area contributed by atoms with Crippen LogP contribution in [0.1, 0.15) is 32.3 Å². The normalized spacial score (nSPS) is 18.7. The van der Waals surface area contributed by atoms with Crippen molar-refractivity contribution in [2.75, 3.05) is 6.26 Å². The highest BCUT2D eigenvalue weighted by molar-refractivity contribution is 7.98. The predicted molar refractivity (Wildman–Crippen MR) is 95.9 cm³/mol. The minimum absolute atomic E-state index is 0.297. The van der Waals surface area contributed by atoms with E-state index in [0.717, 1.165) is 29.8 Å². The predicted octanol–water partition coefficient (Wildman–Crippen LogP) is 3.58. The van der Waals surface area contributed by atoms with E-state index in [1.165, 1.54) is 4.90 Å². The van der Waals surface area contributed by atoms with E-state index in [0.29, 0.717) is 11.7 Å². The van der Waals surface area contributed by atoms with Gasteiger partial charge in [-0.15, -0.1) is 11.8 Å². The van der Waals surface area contributed by atoms with Gasteiger partial charge in [-0.1, -0.05) is 26.0 Å². The van der Waals surface area contributed by atoms with Crippen molar-refractivity contribution >= 4 is 41.1 Å². The molecule has 3 rings (SSSR count). The van der Waals surface area contributed by atoms with E-state index >= 15 is 0 Å². The first-order valence-electron chi connectivity index (χ1n) is 7.60. The minimum Gasteiger partial charge on any atom is -0.265 e. The van der Waals surface area contributed by atoms with E-state index in [9.17, 15) is 4.79 Å². The molecule has 2 aliphatic heterocycles. The molecule has 0 fully saturated rings. The quantitative estimate of drug-likeness (QED) is 0.628. The van der Waals surface area contributed by atoms with Crippen LogP contribution in [0.2, 0.25) is 0 Å². The molecule has 0 unspecified atom stereocenters. The highest BCUT2D eigenvalue weighted by Gasteiger charge is 2.33. The van der Waals surface area contributed by atoms with Gasteiger partial charge in [0.1, 0.15) is 5.70 Å². The van der Waals surface area contributed by atoms with Gasteiger partial charge in [0, 0.05) is 4.90 Å². The molecule has 0 atom stereocenters. The zero-order valence-corrected chi connectivity index (χ0v) is 14.2. The van der Waals surface area contributed by atoms with Crippen molar-refractivity contribution in [3.05, 3.63) is 35.5 Å². The summed E-state index contributed by atoms with van der Waals surface area (Å²) in [6.07, 6.45) is 5.40. The van der Waals surface area contributed by atoms with E-state index in [-0.39, 0.29) is 5.91 Å². The summed E-state index contributed by atoms with van der Waals surface area (Å²) in [4.78, 5) is 21.9. The second-order valence-electron chi connectivity index (χ2n) is 5.14. The Morgan fingerprint density at radius 3 is 2.39 bits per heavy atom. The van der Waals surface area contributed by atoms with Gasteiger partial charge in [0.25, 0.3) is 11.9 Å². The fraction of sp³-hybridized carbons (Fsp3) is 0.294. The molecular formula is C17H18N4OS. The smallest absolute Gasteiger partial charge is 0.265 e. The molecule has 118 valence electrons. The molecule has 0 spiro atoms.